The molecular weight excluding hydrogens is 362 g/mol. The zero-order valence-corrected chi connectivity index (χ0v) is 17.6. The molecular formula is C19H31N5O2S. The summed E-state index contributed by atoms with van der Waals surface area (Å²) in [6.07, 6.45) is 2.10. The summed E-state index contributed by atoms with van der Waals surface area (Å²) in [5.74, 6) is 0.993. The lowest BCUT2D eigenvalue weighted by molar-refractivity contribution is 0.266. The van der Waals surface area contributed by atoms with Crippen molar-refractivity contribution in [1.29, 1.82) is 0 Å². The van der Waals surface area contributed by atoms with E-state index >= 15 is 0 Å². The molecule has 0 radical (unpaired) electrons. The van der Waals surface area contributed by atoms with Gasteiger partial charge in [-0.3, -0.25) is 4.90 Å². The number of aromatic nitrogens is 2. The molecule has 0 amide bonds. The lowest BCUT2D eigenvalue weighted by Crippen LogP contribution is -2.31. The van der Waals surface area contributed by atoms with E-state index in [9.17, 15) is 8.42 Å². The van der Waals surface area contributed by atoms with Gasteiger partial charge >= 0.3 is 0 Å². The molecule has 0 aliphatic carbocycles. The van der Waals surface area contributed by atoms with Crippen molar-refractivity contribution in [3.63, 3.8) is 0 Å². The minimum absolute atomic E-state index is 0.175. The maximum atomic E-state index is 12.4. The summed E-state index contributed by atoms with van der Waals surface area (Å²) in [7, 11) is -0.377. The van der Waals surface area contributed by atoms with Crippen LogP contribution in [-0.4, -0.2) is 60.9 Å². The second-order valence-electron chi connectivity index (χ2n) is 8.09. The number of aryl methyl sites for hydroxylation is 1. The van der Waals surface area contributed by atoms with Gasteiger partial charge in [-0.1, -0.05) is 13.8 Å². The van der Waals surface area contributed by atoms with Crippen LogP contribution in [0.5, 0.6) is 0 Å². The molecule has 0 bridgehead atoms. The second-order valence-corrected chi connectivity index (χ2v) is 10.2. The number of nitrogens with zero attached hydrogens (tertiary/aromatic N) is 4. The maximum Gasteiger partial charge on any atom is 0.242 e. The van der Waals surface area contributed by atoms with E-state index in [0.717, 1.165) is 55.9 Å². The van der Waals surface area contributed by atoms with Gasteiger partial charge in [0.15, 0.2) is 0 Å². The van der Waals surface area contributed by atoms with Crippen LogP contribution < -0.4 is 5.73 Å². The Morgan fingerprint density at radius 1 is 1.33 bits per heavy atom. The van der Waals surface area contributed by atoms with E-state index < -0.39 is 10.0 Å². The molecule has 0 spiro atoms. The third-order valence-corrected chi connectivity index (χ3v) is 7.33. The van der Waals surface area contributed by atoms with Gasteiger partial charge in [0.05, 0.1) is 22.5 Å². The van der Waals surface area contributed by atoms with Crippen molar-refractivity contribution in [1.82, 2.24) is 18.8 Å². The Morgan fingerprint density at radius 2 is 2.07 bits per heavy atom. The monoisotopic (exact) mass is 393 g/mol. The largest absolute Gasteiger partial charge is 0.330 e. The second kappa shape index (κ2) is 7.50. The Morgan fingerprint density at radius 3 is 2.67 bits per heavy atom. The van der Waals surface area contributed by atoms with Gasteiger partial charge in [0.25, 0.3) is 0 Å². The number of hydrogen-bond acceptors (Lipinski definition) is 5. The fourth-order valence-electron chi connectivity index (χ4n) is 3.75. The molecule has 2 heterocycles. The van der Waals surface area contributed by atoms with Crippen molar-refractivity contribution < 1.29 is 8.42 Å². The molecule has 1 aliphatic rings. The fraction of sp³-hybridized carbons (Fsp3) is 0.632. The predicted octanol–water partition coefficient (Wildman–Crippen LogP) is 1.87. The number of sulfonamides is 1. The SMILES string of the molecule is CCCn1c(CN2CCC(C)(CN)C2)nc2cc(S(=O)(=O)N(C)C)ccc21. The molecule has 2 N–H and O–H groups in total. The van der Waals surface area contributed by atoms with E-state index in [1.165, 1.54) is 4.31 Å². The van der Waals surface area contributed by atoms with Crippen molar-refractivity contribution >= 4 is 21.1 Å². The van der Waals surface area contributed by atoms with Crippen LogP contribution in [0, 0.1) is 5.41 Å². The number of imidazole rings is 1. The molecule has 1 aliphatic heterocycles. The first-order valence-electron chi connectivity index (χ1n) is 9.54. The van der Waals surface area contributed by atoms with Gasteiger partial charge in [-0.25, -0.2) is 17.7 Å². The Balaban J connectivity index is 1.96. The van der Waals surface area contributed by atoms with Gasteiger partial charge < -0.3 is 10.3 Å². The van der Waals surface area contributed by atoms with Crippen LogP contribution in [0.2, 0.25) is 0 Å². The minimum atomic E-state index is -3.47. The van der Waals surface area contributed by atoms with Crippen molar-refractivity contribution in [3.8, 4) is 0 Å². The Labute approximate surface area is 162 Å². The number of hydrogen-bond donors (Lipinski definition) is 1. The van der Waals surface area contributed by atoms with Crippen LogP contribution in [0.1, 0.15) is 32.5 Å². The first-order chi connectivity index (χ1) is 12.7. The van der Waals surface area contributed by atoms with Gasteiger partial charge in [-0.2, -0.15) is 0 Å². The number of rotatable bonds is 7. The molecule has 8 heteroatoms. The Kier molecular flexibility index (Phi) is 5.63. The molecule has 0 saturated carbocycles. The zero-order chi connectivity index (χ0) is 19.8. The number of likely N-dealkylation sites (tertiary alicyclic amines) is 1. The fourth-order valence-corrected chi connectivity index (χ4v) is 4.67. The predicted molar refractivity (Wildman–Crippen MR) is 108 cm³/mol. The molecule has 7 nitrogen and oxygen atoms in total. The molecule has 3 rings (SSSR count). The summed E-state index contributed by atoms with van der Waals surface area (Å²) in [6, 6.07) is 5.25. The Bertz CT molecular complexity index is 922. The zero-order valence-electron chi connectivity index (χ0n) is 16.8. The van der Waals surface area contributed by atoms with Crippen molar-refractivity contribution in [3.05, 3.63) is 24.0 Å². The van der Waals surface area contributed by atoms with E-state index in [1.54, 1.807) is 26.2 Å². The van der Waals surface area contributed by atoms with Crippen LogP contribution in [0.25, 0.3) is 11.0 Å². The number of fused-ring (bicyclic) bond motifs is 1. The van der Waals surface area contributed by atoms with Crippen LogP contribution in [0.3, 0.4) is 0 Å². The molecule has 27 heavy (non-hydrogen) atoms. The lowest BCUT2D eigenvalue weighted by Gasteiger charge is -2.22. The van der Waals surface area contributed by atoms with Gasteiger partial charge in [0, 0.05) is 27.2 Å². The van der Waals surface area contributed by atoms with Crippen molar-refractivity contribution in [2.45, 2.75) is 44.7 Å². The van der Waals surface area contributed by atoms with Crippen molar-refractivity contribution in [2.75, 3.05) is 33.7 Å². The quantitative estimate of drug-likeness (QED) is 0.776. The molecule has 1 unspecified atom stereocenters. The average Bonchev–Trinajstić information content (AvgIpc) is 3.16. The minimum Gasteiger partial charge on any atom is -0.330 e. The van der Waals surface area contributed by atoms with Crippen LogP contribution in [-0.2, 0) is 23.1 Å². The summed E-state index contributed by atoms with van der Waals surface area (Å²) in [5.41, 5.74) is 7.84. The van der Waals surface area contributed by atoms with E-state index in [1.807, 2.05) is 6.07 Å². The van der Waals surface area contributed by atoms with Crippen LogP contribution >= 0.6 is 0 Å². The summed E-state index contributed by atoms with van der Waals surface area (Å²) in [5, 5.41) is 0. The molecule has 1 saturated heterocycles. The summed E-state index contributed by atoms with van der Waals surface area (Å²) in [4.78, 5) is 7.49. The summed E-state index contributed by atoms with van der Waals surface area (Å²) < 4.78 is 28.3. The smallest absolute Gasteiger partial charge is 0.242 e. The molecule has 150 valence electrons. The van der Waals surface area contributed by atoms with Gasteiger partial charge in [0.2, 0.25) is 10.0 Å². The molecule has 1 atom stereocenters. The van der Waals surface area contributed by atoms with Crippen molar-refractivity contribution in [2.24, 2.45) is 11.1 Å². The van der Waals surface area contributed by atoms with Gasteiger partial charge in [-0.15, -0.1) is 0 Å². The highest BCUT2D eigenvalue weighted by Gasteiger charge is 2.33. The highest BCUT2D eigenvalue weighted by molar-refractivity contribution is 7.89. The molecule has 1 fully saturated rings. The van der Waals surface area contributed by atoms with E-state index in [-0.39, 0.29) is 10.3 Å². The first-order valence-corrected chi connectivity index (χ1v) is 11.0. The van der Waals surface area contributed by atoms with Crippen LogP contribution in [0.15, 0.2) is 23.1 Å². The topological polar surface area (TPSA) is 84.5 Å². The lowest BCUT2D eigenvalue weighted by atomic mass is 9.90. The molecule has 1 aromatic heterocycles. The Hall–Kier alpha value is -1.48. The third kappa shape index (κ3) is 3.89. The number of benzene rings is 1. The van der Waals surface area contributed by atoms with Crippen LogP contribution in [0.4, 0.5) is 0 Å². The first kappa shape index (κ1) is 20.3. The number of nitrogens with two attached hydrogens (primary N) is 1. The average molecular weight is 394 g/mol. The molecule has 2 aromatic rings. The highest BCUT2D eigenvalue weighted by Crippen LogP contribution is 2.30. The summed E-state index contributed by atoms with van der Waals surface area (Å²) >= 11 is 0. The van der Waals surface area contributed by atoms with E-state index in [4.69, 9.17) is 10.7 Å². The summed E-state index contributed by atoms with van der Waals surface area (Å²) in [6.45, 7) is 8.69. The normalized spacial score (nSPS) is 21.6. The maximum absolute atomic E-state index is 12.4. The van der Waals surface area contributed by atoms with E-state index in [2.05, 4.69) is 23.3 Å². The van der Waals surface area contributed by atoms with E-state index in [0.29, 0.717) is 6.54 Å². The highest BCUT2D eigenvalue weighted by atomic mass is 32.2. The third-order valence-electron chi connectivity index (χ3n) is 5.52. The van der Waals surface area contributed by atoms with Gasteiger partial charge in [-0.05, 0) is 49.5 Å². The standard InChI is InChI=1S/C19H31N5O2S/c1-5-9-24-17-7-6-15(27(25,26)22(3)4)11-16(17)21-18(24)12-23-10-8-19(2,13-20)14-23/h6-7,11H,5,8-10,12-14,20H2,1-4H3. The molecule has 1 aromatic carbocycles. The van der Waals surface area contributed by atoms with Gasteiger partial charge in [0.1, 0.15) is 5.82 Å².